The Hall–Kier alpha value is -1.65. The summed E-state index contributed by atoms with van der Waals surface area (Å²) in [5.74, 6) is 0.808. The van der Waals surface area contributed by atoms with Crippen LogP contribution in [0.15, 0.2) is 62.0 Å². The molecule has 0 fully saturated rings. The van der Waals surface area contributed by atoms with Crippen molar-refractivity contribution in [2.45, 2.75) is 35.8 Å². The first-order valence-electron chi connectivity index (χ1n) is 7.43. The first kappa shape index (κ1) is 16.2. The fraction of sp³-hybridized carbons (Fsp3) is 0.211. The zero-order chi connectivity index (χ0) is 16.4. The third kappa shape index (κ3) is 3.65. The molecular formula is C19H19NOS2. The lowest BCUT2D eigenvalue weighted by Gasteiger charge is -2.08. The van der Waals surface area contributed by atoms with Crippen molar-refractivity contribution >= 4 is 23.5 Å². The van der Waals surface area contributed by atoms with Crippen LogP contribution in [0.1, 0.15) is 16.7 Å². The van der Waals surface area contributed by atoms with Crippen molar-refractivity contribution in [1.82, 2.24) is 4.98 Å². The van der Waals surface area contributed by atoms with Crippen LogP contribution in [0.5, 0.6) is 0 Å². The van der Waals surface area contributed by atoms with Gasteiger partial charge in [-0.2, -0.15) is 0 Å². The van der Waals surface area contributed by atoms with Gasteiger partial charge in [0.2, 0.25) is 0 Å². The first-order valence-corrected chi connectivity index (χ1v) is 9.47. The Kier molecular flexibility index (Phi) is 4.83. The van der Waals surface area contributed by atoms with Crippen molar-refractivity contribution in [1.29, 1.82) is 0 Å². The number of rotatable bonds is 4. The highest BCUT2D eigenvalue weighted by atomic mass is 32.2. The summed E-state index contributed by atoms with van der Waals surface area (Å²) in [6.45, 7) is 6.39. The minimum Gasteiger partial charge on any atom is -0.431 e. The Labute approximate surface area is 145 Å². The Balaban J connectivity index is 1.85. The Morgan fingerprint density at radius 1 is 0.957 bits per heavy atom. The number of nitrogens with zero attached hydrogens (tertiary/aromatic N) is 1. The van der Waals surface area contributed by atoms with Crippen LogP contribution in [0.4, 0.5) is 0 Å². The van der Waals surface area contributed by atoms with Crippen LogP contribution in [0.25, 0.3) is 11.3 Å². The number of benzene rings is 2. The second-order valence-corrected chi connectivity index (χ2v) is 7.39. The van der Waals surface area contributed by atoms with Gasteiger partial charge in [-0.1, -0.05) is 29.8 Å². The smallest absolute Gasteiger partial charge is 0.261 e. The van der Waals surface area contributed by atoms with E-state index in [1.165, 1.54) is 26.5 Å². The molecule has 0 spiro atoms. The minimum absolute atomic E-state index is 0.684. The fourth-order valence-electron chi connectivity index (χ4n) is 2.61. The monoisotopic (exact) mass is 341 g/mol. The van der Waals surface area contributed by atoms with E-state index in [2.05, 4.69) is 68.4 Å². The van der Waals surface area contributed by atoms with Crippen molar-refractivity contribution < 1.29 is 4.42 Å². The molecule has 0 saturated heterocycles. The van der Waals surface area contributed by atoms with Gasteiger partial charge in [-0.15, -0.1) is 11.8 Å². The van der Waals surface area contributed by atoms with Crippen molar-refractivity contribution in [3.05, 3.63) is 59.3 Å². The Morgan fingerprint density at radius 2 is 1.61 bits per heavy atom. The van der Waals surface area contributed by atoms with Crippen LogP contribution in [0.2, 0.25) is 0 Å². The zero-order valence-corrected chi connectivity index (χ0v) is 15.3. The van der Waals surface area contributed by atoms with Gasteiger partial charge in [-0.25, -0.2) is 4.98 Å². The van der Waals surface area contributed by atoms with E-state index in [0.717, 1.165) is 11.3 Å². The molecule has 2 aromatic carbocycles. The third-order valence-electron chi connectivity index (χ3n) is 3.65. The molecule has 0 radical (unpaired) electrons. The number of aryl methyl sites for hydroxylation is 3. The van der Waals surface area contributed by atoms with E-state index in [4.69, 9.17) is 4.42 Å². The zero-order valence-electron chi connectivity index (χ0n) is 13.7. The summed E-state index contributed by atoms with van der Waals surface area (Å²) in [4.78, 5) is 6.89. The fourth-order valence-corrected chi connectivity index (χ4v) is 3.87. The molecule has 0 aliphatic heterocycles. The van der Waals surface area contributed by atoms with E-state index in [0.29, 0.717) is 5.22 Å². The average molecular weight is 342 g/mol. The molecule has 3 aromatic rings. The maximum atomic E-state index is 5.93. The second kappa shape index (κ2) is 6.85. The normalized spacial score (nSPS) is 11.0. The van der Waals surface area contributed by atoms with E-state index in [1.54, 1.807) is 29.7 Å². The molecule has 0 aliphatic rings. The number of hydrogen-bond donors (Lipinski definition) is 0. The van der Waals surface area contributed by atoms with Crippen molar-refractivity contribution in [2.24, 2.45) is 0 Å². The van der Waals surface area contributed by atoms with Crippen LogP contribution in [-0.2, 0) is 0 Å². The summed E-state index contributed by atoms with van der Waals surface area (Å²) >= 11 is 3.32. The topological polar surface area (TPSA) is 26.0 Å². The standard InChI is InChI=1S/C19H19NOS2/c1-12-9-13(2)18(14(3)10-12)23-19-20-11-17(21-19)15-5-7-16(22-4)8-6-15/h5-11H,1-4H3. The molecule has 1 heterocycles. The van der Waals surface area contributed by atoms with Gasteiger partial charge in [0.15, 0.2) is 5.76 Å². The molecule has 1 aromatic heterocycles. The van der Waals surface area contributed by atoms with Crippen LogP contribution < -0.4 is 0 Å². The predicted octanol–water partition coefficient (Wildman–Crippen LogP) is 6.14. The lowest BCUT2D eigenvalue weighted by atomic mass is 10.1. The van der Waals surface area contributed by atoms with Gasteiger partial charge in [0, 0.05) is 15.4 Å². The molecule has 0 aliphatic carbocycles. The molecule has 3 rings (SSSR count). The first-order chi connectivity index (χ1) is 11.1. The molecule has 0 amide bonds. The molecule has 0 bridgehead atoms. The maximum Gasteiger partial charge on any atom is 0.261 e. The molecule has 23 heavy (non-hydrogen) atoms. The van der Waals surface area contributed by atoms with Gasteiger partial charge in [0.1, 0.15) is 0 Å². The summed E-state index contributed by atoms with van der Waals surface area (Å²) < 4.78 is 5.93. The average Bonchev–Trinajstić information content (AvgIpc) is 2.99. The van der Waals surface area contributed by atoms with Crippen LogP contribution in [0, 0.1) is 20.8 Å². The Morgan fingerprint density at radius 3 is 2.22 bits per heavy atom. The van der Waals surface area contributed by atoms with Gasteiger partial charge in [0.05, 0.1) is 6.20 Å². The van der Waals surface area contributed by atoms with E-state index in [1.807, 2.05) is 0 Å². The summed E-state index contributed by atoms with van der Waals surface area (Å²) in [5, 5.41) is 0.684. The summed E-state index contributed by atoms with van der Waals surface area (Å²) in [6.07, 6.45) is 3.87. The van der Waals surface area contributed by atoms with Crippen molar-refractivity contribution in [3.8, 4) is 11.3 Å². The number of aromatic nitrogens is 1. The van der Waals surface area contributed by atoms with Crippen LogP contribution in [0.3, 0.4) is 0 Å². The SMILES string of the molecule is CSc1ccc(-c2cnc(Sc3c(C)cc(C)cc3C)o2)cc1. The van der Waals surface area contributed by atoms with E-state index < -0.39 is 0 Å². The molecular weight excluding hydrogens is 322 g/mol. The van der Waals surface area contributed by atoms with E-state index in [9.17, 15) is 0 Å². The van der Waals surface area contributed by atoms with Gasteiger partial charge >= 0.3 is 0 Å². The molecule has 118 valence electrons. The summed E-state index contributed by atoms with van der Waals surface area (Å²) in [6, 6.07) is 12.7. The highest BCUT2D eigenvalue weighted by Gasteiger charge is 2.12. The lowest BCUT2D eigenvalue weighted by Crippen LogP contribution is -1.87. The molecule has 0 saturated carbocycles. The van der Waals surface area contributed by atoms with Gasteiger partial charge < -0.3 is 4.42 Å². The number of oxazole rings is 1. The van der Waals surface area contributed by atoms with Crippen LogP contribution >= 0.6 is 23.5 Å². The second-order valence-electron chi connectivity index (χ2n) is 5.55. The van der Waals surface area contributed by atoms with Crippen molar-refractivity contribution in [2.75, 3.05) is 6.26 Å². The minimum atomic E-state index is 0.684. The maximum absolute atomic E-state index is 5.93. The van der Waals surface area contributed by atoms with Gasteiger partial charge in [-0.3, -0.25) is 0 Å². The predicted molar refractivity (Wildman–Crippen MR) is 98.5 cm³/mol. The number of thioether (sulfide) groups is 1. The molecule has 0 unspecified atom stereocenters. The molecule has 0 atom stereocenters. The Bertz CT molecular complexity index is 799. The lowest BCUT2D eigenvalue weighted by molar-refractivity contribution is 0.466. The highest BCUT2D eigenvalue weighted by molar-refractivity contribution is 7.99. The van der Waals surface area contributed by atoms with Crippen LogP contribution in [-0.4, -0.2) is 11.2 Å². The summed E-state index contributed by atoms with van der Waals surface area (Å²) in [5.41, 5.74) is 4.86. The van der Waals surface area contributed by atoms with Gasteiger partial charge in [-0.05, 0) is 62.0 Å². The molecule has 2 nitrogen and oxygen atoms in total. The molecule has 4 heteroatoms. The highest BCUT2D eigenvalue weighted by Crippen LogP contribution is 2.35. The summed E-state index contributed by atoms with van der Waals surface area (Å²) in [7, 11) is 0. The van der Waals surface area contributed by atoms with Crippen molar-refractivity contribution in [3.63, 3.8) is 0 Å². The van der Waals surface area contributed by atoms with E-state index >= 15 is 0 Å². The largest absolute Gasteiger partial charge is 0.431 e. The quantitative estimate of drug-likeness (QED) is 0.532. The van der Waals surface area contributed by atoms with Gasteiger partial charge in [0.25, 0.3) is 5.22 Å². The third-order valence-corrected chi connectivity index (χ3v) is 5.61. The molecule has 0 N–H and O–H groups in total. The van der Waals surface area contributed by atoms with E-state index in [-0.39, 0.29) is 0 Å². The number of hydrogen-bond acceptors (Lipinski definition) is 4.